The van der Waals surface area contributed by atoms with Crippen LogP contribution in [0.5, 0.6) is 0 Å². The van der Waals surface area contributed by atoms with E-state index in [1.54, 1.807) is 11.8 Å². The van der Waals surface area contributed by atoms with Crippen molar-refractivity contribution in [1.82, 2.24) is 5.32 Å². The summed E-state index contributed by atoms with van der Waals surface area (Å²) in [5, 5.41) is 14.1. The van der Waals surface area contributed by atoms with E-state index in [0.717, 1.165) is 10.8 Å². The Hall–Kier alpha value is -0.220. The predicted octanol–water partition coefficient (Wildman–Crippen LogP) is 3.10. The molecule has 0 aromatic heterocycles. The van der Waals surface area contributed by atoms with Gasteiger partial charge in [0.2, 0.25) is 0 Å². The summed E-state index contributed by atoms with van der Waals surface area (Å²) in [6, 6.07) is 7.98. The van der Waals surface area contributed by atoms with Crippen molar-refractivity contribution in [2.45, 2.75) is 25.5 Å². The molecule has 1 aromatic rings. The first-order chi connectivity index (χ1) is 7.94. The van der Waals surface area contributed by atoms with Gasteiger partial charge >= 0.3 is 0 Å². The van der Waals surface area contributed by atoms with Gasteiger partial charge in [0.1, 0.15) is 0 Å². The van der Waals surface area contributed by atoms with Crippen LogP contribution < -0.4 is 5.32 Å². The standard InChI is InChI=1S/C13H20ClNOS/c1-10(11-4-6-12(14)7-5-11)15-8-13(2,16)9-17-3/h4-7,10,15-16H,8-9H2,1-3H3/t10-,13-/m1/s1. The van der Waals surface area contributed by atoms with Crippen LogP contribution in [0.2, 0.25) is 5.02 Å². The molecule has 0 bridgehead atoms. The minimum atomic E-state index is -0.667. The highest BCUT2D eigenvalue weighted by molar-refractivity contribution is 7.98. The molecule has 17 heavy (non-hydrogen) atoms. The molecule has 1 aromatic carbocycles. The molecular formula is C13H20ClNOS. The molecule has 0 aliphatic rings. The van der Waals surface area contributed by atoms with Crippen molar-refractivity contribution in [3.05, 3.63) is 34.9 Å². The summed E-state index contributed by atoms with van der Waals surface area (Å²) in [6.45, 7) is 4.52. The zero-order valence-electron chi connectivity index (χ0n) is 10.5. The van der Waals surface area contributed by atoms with E-state index in [0.29, 0.717) is 6.54 Å². The highest BCUT2D eigenvalue weighted by Gasteiger charge is 2.20. The summed E-state index contributed by atoms with van der Waals surface area (Å²) in [4.78, 5) is 0. The van der Waals surface area contributed by atoms with Crippen LogP contribution >= 0.6 is 23.4 Å². The van der Waals surface area contributed by atoms with Crippen LogP contribution in [0, 0.1) is 0 Å². The Morgan fingerprint density at radius 2 is 2.00 bits per heavy atom. The molecular weight excluding hydrogens is 254 g/mol. The maximum atomic E-state index is 10.0. The smallest absolute Gasteiger partial charge is 0.0833 e. The van der Waals surface area contributed by atoms with E-state index in [2.05, 4.69) is 12.2 Å². The minimum Gasteiger partial charge on any atom is -0.388 e. The second-order valence-corrected chi connectivity index (χ2v) is 5.89. The van der Waals surface area contributed by atoms with Crippen molar-refractivity contribution in [2.75, 3.05) is 18.6 Å². The third kappa shape index (κ3) is 5.30. The van der Waals surface area contributed by atoms with Crippen LogP contribution in [0.4, 0.5) is 0 Å². The first-order valence-corrected chi connectivity index (χ1v) is 7.42. The molecule has 2 atom stereocenters. The van der Waals surface area contributed by atoms with Gasteiger partial charge in [0.15, 0.2) is 0 Å². The highest BCUT2D eigenvalue weighted by atomic mass is 35.5. The van der Waals surface area contributed by atoms with E-state index >= 15 is 0 Å². The second-order valence-electron chi connectivity index (χ2n) is 4.58. The van der Waals surface area contributed by atoms with E-state index in [4.69, 9.17) is 11.6 Å². The third-order valence-electron chi connectivity index (χ3n) is 2.61. The quantitative estimate of drug-likeness (QED) is 0.835. The molecule has 0 unspecified atom stereocenters. The summed E-state index contributed by atoms with van der Waals surface area (Å²) >= 11 is 7.49. The molecule has 2 N–H and O–H groups in total. The van der Waals surface area contributed by atoms with E-state index in [9.17, 15) is 5.11 Å². The van der Waals surface area contributed by atoms with Crippen LogP contribution in [0.15, 0.2) is 24.3 Å². The average Bonchev–Trinajstić information content (AvgIpc) is 2.27. The van der Waals surface area contributed by atoms with Gasteiger partial charge in [-0.25, -0.2) is 0 Å². The summed E-state index contributed by atoms with van der Waals surface area (Å²) in [5.74, 6) is 0.730. The van der Waals surface area contributed by atoms with Crippen LogP contribution in [0.1, 0.15) is 25.5 Å². The lowest BCUT2D eigenvalue weighted by Gasteiger charge is -2.25. The molecule has 0 amide bonds. The lowest BCUT2D eigenvalue weighted by Crippen LogP contribution is -2.40. The summed E-state index contributed by atoms with van der Waals surface area (Å²) in [5.41, 5.74) is 0.509. The highest BCUT2D eigenvalue weighted by Crippen LogP contribution is 2.17. The molecule has 0 radical (unpaired) electrons. The van der Waals surface area contributed by atoms with Gasteiger partial charge in [-0.15, -0.1) is 0 Å². The maximum Gasteiger partial charge on any atom is 0.0833 e. The first kappa shape index (κ1) is 14.8. The van der Waals surface area contributed by atoms with Gasteiger partial charge in [-0.2, -0.15) is 11.8 Å². The van der Waals surface area contributed by atoms with Gasteiger partial charge in [-0.1, -0.05) is 23.7 Å². The van der Waals surface area contributed by atoms with Crippen molar-refractivity contribution >= 4 is 23.4 Å². The molecule has 0 heterocycles. The Balaban J connectivity index is 2.49. The molecule has 4 heteroatoms. The molecule has 0 saturated heterocycles. The Bertz CT molecular complexity index is 340. The summed E-state index contributed by atoms with van der Waals surface area (Å²) in [7, 11) is 0. The van der Waals surface area contributed by atoms with E-state index in [1.807, 2.05) is 37.4 Å². The fraction of sp³-hybridized carbons (Fsp3) is 0.538. The van der Waals surface area contributed by atoms with Gasteiger partial charge < -0.3 is 10.4 Å². The van der Waals surface area contributed by atoms with Gasteiger partial charge in [0.25, 0.3) is 0 Å². The largest absolute Gasteiger partial charge is 0.388 e. The number of hydrogen-bond donors (Lipinski definition) is 2. The second kappa shape index (κ2) is 6.64. The number of benzene rings is 1. The molecule has 0 saturated carbocycles. The van der Waals surface area contributed by atoms with Crippen molar-refractivity contribution < 1.29 is 5.11 Å². The van der Waals surface area contributed by atoms with Crippen LogP contribution in [-0.4, -0.2) is 29.3 Å². The molecule has 0 aliphatic heterocycles. The Morgan fingerprint density at radius 1 is 1.41 bits per heavy atom. The SMILES string of the molecule is CSC[C@](C)(O)CN[C@H](C)c1ccc(Cl)cc1. The van der Waals surface area contributed by atoms with E-state index in [-0.39, 0.29) is 6.04 Å². The van der Waals surface area contributed by atoms with Gasteiger partial charge in [0, 0.05) is 23.4 Å². The van der Waals surface area contributed by atoms with Gasteiger partial charge in [-0.3, -0.25) is 0 Å². The summed E-state index contributed by atoms with van der Waals surface area (Å²) < 4.78 is 0. The molecule has 0 fully saturated rings. The number of thioether (sulfide) groups is 1. The van der Waals surface area contributed by atoms with Gasteiger partial charge in [0.05, 0.1) is 5.60 Å². The molecule has 96 valence electrons. The molecule has 1 rings (SSSR count). The molecule has 2 nitrogen and oxygen atoms in total. The Kier molecular flexibility index (Phi) is 5.80. The van der Waals surface area contributed by atoms with Gasteiger partial charge in [-0.05, 0) is 37.8 Å². The Morgan fingerprint density at radius 3 is 2.53 bits per heavy atom. The zero-order valence-corrected chi connectivity index (χ0v) is 12.1. The fourth-order valence-electron chi connectivity index (χ4n) is 1.60. The predicted molar refractivity (Wildman–Crippen MR) is 76.9 cm³/mol. The number of halogens is 1. The van der Waals surface area contributed by atoms with Crippen LogP contribution in [-0.2, 0) is 0 Å². The normalized spacial score (nSPS) is 16.5. The van der Waals surface area contributed by atoms with E-state index in [1.165, 1.54) is 5.56 Å². The maximum absolute atomic E-state index is 10.0. The minimum absolute atomic E-state index is 0.209. The lowest BCUT2D eigenvalue weighted by atomic mass is 10.1. The van der Waals surface area contributed by atoms with Crippen LogP contribution in [0.25, 0.3) is 0 Å². The van der Waals surface area contributed by atoms with E-state index < -0.39 is 5.60 Å². The average molecular weight is 274 g/mol. The Labute approximate surface area is 113 Å². The third-order valence-corrected chi connectivity index (χ3v) is 3.78. The topological polar surface area (TPSA) is 32.3 Å². The monoisotopic (exact) mass is 273 g/mol. The van der Waals surface area contributed by atoms with Crippen molar-refractivity contribution in [1.29, 1.82) is 0 Å². The number of hydrogen-bond acceptors (Lipinski definition) is 3. The van der Waals surface area contributed by atoms with Crippen molar-refractivity contribution in [3.63, 3.8) is 0 Å². The number of aliphatic hydroxyl groups is 1. The van der Waals surface area contributed by atoms with Crippen molar-refractivity contribution in [2.24, 2.45) is 0 Å². The zero-order chi connectivity index (χ0) is 12.9. The summed E-state index contributed by atoms with van der Waals surface area (Å²) in [6.07, 6.45) is 2.00. The number of rotatable bonds is 6. The first-order valence-electron chi connectivity index (χ1n) is 5.65. The van der Waals surface area contributed by atoms with Crippen molar-refractivity contribution in [3.8, 4) is 0 Å². The fourth-order valence-corrected chi connectivity index (χ4v) is 2.45. The van der Waals surface area contributed by atoms with Crippen LogP contribution in [0.3, 0.4) is 0 Å². The molecule has 0 aliphatic carbocycles. The molecule has 0 spiro atoms. The number of nitrogens with one attached hydrogen (secondary N) is 1. The lowest BCUT2D eigenvalue weighted by molar-refractivity contribution is 0.0821.